The van der Waals surface area contributed by atoms with E-state index in [1.165, 1.54) is 16.7 Å². The van der Waals surface area contributed by atoms with Crippen LogP contribution < -0.4 is 14.4 Å². The van der Waals surface area contributed by atoms with Crippen LogP contribution in [0.1, 0.15) is 11.1 Å². The Balaban J connectivity index is 1.63. The molecule has 1 aliphatic rings. The zero-order chi connectivity index (χ0) is 21.8. The number of methoxy groups -OCH3 is 1. The molecule has 156 valence electrons. The minimum absolute atomic E-state index is 0.187. The van der Waals surface area contributed by atoms with Gasteiger partial charge in [-0.25, -0.2) is 0 Å². The van der Waals surface area contributed by atoms with Crippen molar-refractivity contribution in [3.8, 4) is 11.5 Å². The molecule has 1 saturated heterocycles. The first-order valence-corrected chi connectivity index (χ1v) is 11.5. The Kier molecular flexibility index (Phi) is 6.75. The Hall–Kier alpha value is -2.61. The third-order valence-corrected chi connectivity index (χ3v) is 6.41. The van der Waals surface area contributed by atoms with E-state index in [1.807, 2.05) is 72.8 Å². The van der Waals surface area contributed by atoms with Crippen molar-refractivity contribution in [3.63, 3.8) is 0 Å². The van der Waals surface area contributed by atoms with Gasteiger partial charge in [0, 0.05) is 10.0 Å². The van der Waals surface area contributed by atoms with E-state index in [0.717, 1.165) is 15.6 Å². The summed E-state index contributed by atoms with van der Waals surface area (Å²) >= 11 is 10.3. The first-order valence-electron chi connectivity index (χ1n) is 9.44. The van der Waals surface area contributed by atoms with Gasteiger partial charge in [-0.2, -0.15) is 0 Å². The SMILES string of the molecule is COc1ccccc1N1C(=O)/C(=C/c2cc(Br)ccc2OCc2ccccc2)SC1=S. The number of hydrogen-bond donors (Lipinski definition) is 0. The molecule has 1 aliphatic heterocycles. The standard InChI is InChI=1S/C24H18BrNO3S2/c1-28-21-10-6-5-9-19(21)26-23(27)22(31-24(26)30)14-17-13-18(25)11-12-20(17)29-15-16-7-3-2-4-8-16/h2-14H,15H2,1H3/b22-14-. The molecule has 4 rings (SSSR count). The average molecular weight is 512 g/mol. The fraction of sp³-hybridized carbons (Fsp3) is 0.0833. The van der Waals surface area contributed by atoms with Gasteiger partial charge in [0.25, 0.3) is 5.91 Å². The lowest BCUT2D eigenvalue weighted by Crippen LogP contribution is -2.27. The maximum atomic E-state index is 13.2. The van der Waals surface area contributed by atoms with Gasteiger partial charge in [0.1, 0.15) is 18.1 Å². The van der Waals surface area contributed by atoms with E-state index >= 15 is 0 Å². The summed E-state index contributed by atoms with van der Waals surface area (Å²) in [6.07, 6.45) is 1.82. The number of amides is 1. The molecule has 0 saturated carbocycles. The van der Waals surface area contributed by atoms with Crippen LogP contribution in [0.3, 0.4) is 0 Å². The van der Waals surface area contributed by atoms with Crippen molar-refractivity contribution in [2.45, 2.75) is 6.61 Å². The minimum Gasteiger partial charge on any atom is -0.495 e. The minimum atomic E-state index is -0.187. The largest absolute Gasteiger partial charge is 0.495 e. The second-order valence-electron chi connectivity index (χ2n) is 6.65. The van der Waals surface area contributed by atoms with Crippen molar-refractivity contribution in [2.75, 3.05) is 12.0 Å². The number of rotatable bonds is 6. The molecule has 31 heavy (non-hydrogen) atoms. The van der Waals surface area contributed by atoms with E-state index in [2.05, 4.69) is 15.9 Å². The maximum Gasteiger partial charge on any atom is 0.270 e. The van der Waals surface area contributed by atoms with Crippen LogP contribution in [0.4, 0.5) is 5.69 Å². The predicted molar refractivity (Wildman–Crippen MR) is 134 cm³/mol. The Labute approximate surface area is 199 Å². The quantitative estimate of drug-likeness (QED) is 0.281. The van der Waals surface area contributed by atoms with Crippen molar-refractivity contribution in [1.82, 2.24) is 0 Å². The second-order valence-corrected chi connectivity index (χ2v) is 9.24. The number of benzene rings is 3. The number of anilines is 1. The number of halogens is 1. The monoisotopic (exact) mass is 511 g/mol. The van der Waals surface area contributed by atoms with E-state index < -0.39 is 0 Å². The summed E-state index contributed by atoms with van der Waals surface area (Å²) < 4.78 is 12.8. The predicted octanol–water partition coefficient (Wildman–Crippen LogP) is 6.44. The number of carbonyl (C=O) groups is 1. The summed E-state index contributed by atoms with van der Waals surface area (Å²) in [7, 11) is 1.57. The molecule has 0 N–H and O–H groups in total. The van der Waals surface area contributed by atoms with Crippen LogP contribution in [0.25, 0.3) is 6.08 Å². The Morgan fingerprint density at radius 2 is 1.77 bits per heavy atom. The van der Waals surface area contributed by atoms with E-state index in [9.17, 15) is 4.79 Å². The van der Waals surface area contributed by atoms with Gasteiger partial charge in [-0.3, -0.25) is 9.69 Å². The molecule has 0 radical (unpaired) electrons. The van der Waals surface area contributed by atoms with E-state index in [4.69, 9.17) is 21.7 Å². The zero-order valence-electron chi connectivity index (χ0n) is 16.6. The molecule has 0 bridgehead atoms. The van der Waals surface area contributed by atoms with Crippen LogP contribution in [0.2, 0.25) is 0 Å². The lowest BCUT2D eigenvalue weighted by Gasteiger charge is -2.17. The van der Waals surface area contributed by atoms with Crippen LogP contribution in [0, 0.1) is 0 Å². The smallest absolute Gasteiger partial charge is 0.270 e. The molecule has 7 heteroatoms. The molecular formula is C24H18BrNO3S2. The number of hydrogen-bond acceptors (Lipinski definition) is 5. The van der Waals surface area contributed by atoms with Gasteiger partial charge in [0.2, 0.25) is 0 Å². The summed E-state index contributed by atoms with van der Waals surface area (Å²) in [5.74, 6) is 1.09. The summed E-state index contributed by atoms with van der Waals surface area (Å²) in [5, 5.41) is 0. The number of para-hydroxylation sites is 2. The number of ether oxygens (including phenoxy) is 2. The van der Waals surface area contributed by atoms with Crippen LogP contribution in [-0.4, -0.2) is 17.3 Å². The Bertz CT molecular complexity index is 1160. The Morgan fingerprint density at radius 3 is 2.55 bits per heavy atom. The van der Waals surface area contributed by atoms with E-state index in [-0.39, 0.29) is 5.91 Å². The highest BCUT2D eigenvalue weighted by molar-refractivity contribution is 9.10. The Morgan fingerprint density at radius 1 is 1.03 bits per heavy atom. The van der Waals surface area contributed by atoms with Crippen molar-refractivity contribution >= 4 is 61.9 Å². The first-order chi connectivity index (χ1) is 15.1. The topological polar surface area (TPSA) is 38.8 Å². The number of nitrogens with zero attached hydrogens (tertiary/aromatic N) is 1. The summed E-state index contributed by atoms with van der Waals surface area (Å²) in [6.45, 7) is 0.436. The maximum absolute atomic E-state index is 13.2. The molecule has 0 unspecified atom stereocenters. The van der Waals surface area contributed by atoms with Gasteiger partial charge < -0.3 is 9.47 Å². The molecule has 0 spiro atoms. The first kappa shape index (κ1) is 21.6. The molecule has 1 fully saturated rings. The van der Waals surface area contributed by atoms with Crippen molar-refractivity contribution in [3.05, 3.63) is 93.3 Å². The highest BCUT2D eigenvalue weighted by Gasteiger charge is 2.35. The third-order valence-electron chi connectivity index (χ3n) is 4.62. The average Bonchev–Trinajstić information content (AvgIpc) is 3.06. The fourth-order valence-electron chi connectivity index (χ4n) is 3.13. The highest BCUT2D eigenvalue weighted by atomic mass is 79.9. The van der Waals surface area contributed by atoms with Gasteiger partial charge in [-0.15, -0.1) is 0 Å². The van der Waals surface area contributed by atoms with Crippen molar-refractivity contribution in [1.29, 1.82) is 0 Å². The van der Waals surface area contributed by atoms with Crippen molar-refractivity contribution < 1.29 is 14.3 Å². The fourth-order valence-corrected chi connectivity index (χ4v) is 4.78. The molecule has 0 atom stereocenters. The van der Waals surface area contributed by atoms with E-state index in [1.54, 1.807) is 13.2 Å². The third kappa shape index (κ3) is 4.84. The molecule has 1 amide bonds. The lowest BCUT2D eigenvalue weighted by atomic mass is 10.1. The van der Waals surface area contributed by atoms with E-state index in [0.29, 0.717) is 33.0 Å². The van der Waals surface area contributed by atoms with Crippen LogP contribution in [0.15, 0.2) is 82.2 Å². The van der Waals surface area contributed by atoms with Gasteiger partial charge in [0.15, 0.2) is 4.32 Å². The van der Waals surface area contributed by atoms with Gasteiger partial charge in [-0.05, 0) is 42.0 Å². The lowest BCUT2D eigenvalue weighted by molar-refractivity contribution is -0.113. The molecule has 0 aromatic heterocycles. The van der Waals surface area contributed by atoms with Crippen LogP contribution in [0.5, 0.6) is 11.5 Å². The molecule has 3 aromatic rings. The molecule has 1 heterocycles. The number of thioether (sulfide) groups is 1. The highest BCUT2D eigenvalue weighted by Crippen LogP contribution is 2.40. The number of carbonyl (C=O) groups excluding carboxylic acids is 1. The van der Waals surface area contributed by atoms with Crippen LogP contribution >= 0.6 is 39.9 Å². The summed E-state index contributed by atoms with van der Waals surface area (Å²) in [5.41, 5.74) is 2.50. The normalized spacial score (nSPS) is 14.9. The molecule has 3 aromatic carbocycles. The van der Waals surface area contributed by atoms with Gasteiger partial charge in [-0.1, -0.05) is 82.4 Å². The molecular weight excluding hydrogens is 494 g/mol. The van der Waals surface area contributed by atoms with Crippen LogP contribution in [-0.2, 0) is 11.4 Å². The van der Waals surface area contributed by atoms with Gasteiger partial charge >= 0.3 is 0 Å². The number of thiocarbonyl (C=S) groups is 1. The summed E-state index contributed by atoms with van der Waals surface area (Å²) in [6, 6.07) is 23.0. The molecule has 4 nitrogen and oxygen atoms in total. The zero-order valence-corrected chi connectivity index (χ0v) is 19.8. The van der Waals surface area contributed by atoms with Gasteiger partial charge in [0.05, 0.1) is 17.7 Å². The second kappa shape index (κ2) is 9.68. The summed E-state index contributed by atoms with van der Waals surface area (Å²) in [4.78, 5) is 15.2. The molecule has 0 aliphatic carbocycles. The van der Waals surface area contributed by atoms with Crippen molar-refractivity contribution in [2.24, 2.45) is 0 Å².